The lowest BCUT2D eigenvalue weighted by Gasteiger charge is -2.07. The number of aliphatic hydroxyl groups excluding tert-OH is 1. The van der Waals surface area contributed by atoms with Crippen LogP contribution in [0.3, 0.4) is 0 Å². The number of carbonyl (C=O) groups is 1. The second kappa shape index (κ2) is 8.57. The number of amides is 1. The van der Waals surface area contributed by atoms with E-state index in [2.05, 4.69) is 24.3 Å². The molecule has 0 radical (unpaired) electrons. The lowest BCUT2D eigenvalue weighted by atomic mass is 10.1. The summed E-state index contributed by atoms with van der Waals surface area (Å²) >= 11 is 6.34. The first-order valence-electron chi connectivity index (χ1n) is 10.1. The number of carbonyl (C=O) groups excluding carboxylic acids is 1. The van der Waals surface area contributed by atoms with E-state index in [1.165, 1.54) is 0 Å². The molecule has 0 unspecified atom stereocenters. The number of benzene rings is 2. The molecule has 160 valence electrons. The lowest BCUT2D eigenvalue weighted by molar-refractivity contribution is 0.102. The van der Waals surface area contributed by atoms with Gasteiger partial charge in [-0.1, -0.05) is 37.6 Å². The van der Waals surface area contributed by atoms with Crippen LogP contribution in [0, 0.1) is 6.92 Å². The Morgan fingerprint density at radius 3 is 2.61 bits per heavy atom. The smallest absolute Gasteiger partial charge is 0.276 e. The van der Waals surface area contributed by atoms with Crippen molar-refractivity contribution in [1.82, 2.24) is 9.78 Å². The van der Waals surface area contributed by atoms with Crippen LogP contribution in [0.1, 0.15) is 52.8 Å². The largest absolute Gasteiger partial charge is 0.460 e. The second-order valence-electron chi connectivity index (χ2n) is 7.92. The normalized spacial score (nSPS) is 11.4. The van der Waals surface area contributed by atoms with E-state index >= 15 is 0 Å². The van der Waals surface area contributed by atoms with Gasteiger partial charge in [0.15, 0.2) is 5.69 Å². The van der Waals surface area contributed by atoms with Crippen LogP contribution in [-0.2, 0) is 13.2 Å². The summed E-state index contributed by atoms with van der Waals surface area (Å²) in [6.07, 6.45) is 0. The summed E-state index contributed by atoms with van der Waals surface area (Å²) in [5, 5.41) is 18.1. The van der Waals surface area contributed by atoms with Crippen LogP contribution in [0.15, 0.2) is 52.9 Å². The van der Waals surface area contributed by atoms with Gasteiger partial charge >= 0.3 is 0 Å². The van der Waals surface area contributed by atoms with Gasteiger partial charge < -0.3 is 14.8 Å². The van der Waals surface area contributed by atoms with Gasteiger partial charge in [0.1, 0.15) is 11.3 Å². The van der Waals surface area contributed by atoms with Gasteiger partial charge in [-0.25, -0.2) is 0 Å². The highest BCUT2D eigenvalue weighted by Crippen LogP contribution is 2.31. The number of fused-ring (bicyclic) bond motifs is 1. The summed E-state index contributed by atoms with van der Waals surface area (Å²) in [6.45, 7) is 6.47. The maximum Gasteiger partial charge on any atom is 0.276 e. The molecule has 0 saturated carbocycles. The Bertz CT molecular complexity index is 1240. The molecule has 6 nitrogen and oxygen atoms in total. The fraction of sp³-hybridized carbons (Fsp3) is 0.250. The van der Waals surface area contributed by atoms with Crippen molar-refractivity contribution in [1.29, 1.82) is 0 Å². The molecule has 31 heavy (non-hydrogen) atoms. The van der Waals surface area contributed by atoms with E-state index in [4.69, 9.17) is 21.1 Å². The highest BCUT2D eigenvalue weighted by Gasteiger charge is 2.16. The van der Waals surface area contributed by atoms with Gasteiger partial charge in [-0.15, -0.1) is 0 Å². The Hall–Kier alpha value is -3.09. The zero-order chi connectivity index (χ0) is 22.1. The molecule has 0 bridgehead atoms. The van der Waals surface area contributed by atoms with Crippen molar-refractivity contribution in [3.8, 4) is 0 Å². The minimum Gasteiger partial charge on any atom is -0.460 e. The number of nitrogens with one attached hydrogen (secondary N) is 1. The molecule has 0 aliphatic rings. The lowest BCUT2D eigenvalue weighted by Crippen LogP contribution is -2.13. The van der Waals surface area contributed by atoms with E-state index in [0.717, 1.165) is 33.6 Å². The molecule has 0 spiro atoms. The number of halogens is 1. The van der Waals surface area contributed by atoms with Crippen LogP contribution in [0.5, 0.6) is 0 Å². The zero-order valence-electron chi connectivity index (χ0n) is 17.6. The highest BCUT2D eigenvalue weighted by molar-refractivity contribution is 6.31. The van der Waals surface area contributed by atoms with Crippen molar-refractivity contribution in [3.63, 3.8) is 0 Å². The van der Waals surface area contributed by atoms with Crippen LogP contribution >= 0.6 is 11.6 Å². The average molecular weight is 438 g/mol. The molecular weight excluding hydrogens is 414 g/mol. The number of hydrogen-bond acceptors (Lipinski definition) is 4. The molecule has 1 amide bonds. The third-order valence-corrected chi connectivity index (χ3v) is 5.39. The van der Waals surface area contributed by atoms with Gasteiger partial charge in [-0.3, -0.25) is 9.48 Å². The zero-order valence-corrected chi connectivity index (χ0v) is 18.4. The van der Waals surface area contributed by atoms with Crippen molar-refractivity contribution >= 4 is 34.2 Å². The van der Waals surface area contributed by atoms with Crippen molar-refractivity contribution in [3.05, 3.63) is 81.8 Å². The SMILES string of the molecule is Cc1cc(C(=O)Nc2ccc(CO)cc2)nn1Cc1cc(Cl)cc2cc(C(C)C)oc12. The van der Waals surface area contributed by atoms with Crippen LogP contribution < -0.4 is 5.32 Å². The average Bonchev–Trinajstić information content (AvgIpc) is 3.32. The van der Waals surface area contributed by atoms with Crippen LogP contribution in [0.4, 0.5) is 5.69 Å². The van der Waals surface area contributed by atoms with Crippen LogP contribution in [0.25, 0.3) is 11.0 Å². The number of rotatable bonds is 6. The van der Waals surface area contributed by atoms with E-state index in [0.29, 0.717) is 22.9 Å². The maximum absolute atomic E-state index is 12.7. The summed E-state index contributed by atoms with van der Waals surface area (Å²) in [5.74, 6) is 0.880. The van der Waals surface area contributed by atoms with Crippen molar-refractivity contribution in [2.24, 2.45) is 0 Å². The van der Waals surface area contributed by atoms with E-state index in [1.807, 2.05) is 25.1 Å². The fourth-order valence-electron chi connectivity index (χ4n) is 3.44. The van der Waals surface area contributed by atoms with Gasteiger partial charge in [-0.2, -0.15) is 5.10 Å². The first-order valence-corrected chi connectivity index (χ1v) is 10.5. The quantitative estimate of drug-likeness (QED) is 0.417. The number of aliphatic hydroxyl groups is 1. The number of furan rings is 1. The van der Waals surface area contributed by atoms with Gasteiger partial charge in [0, 0.05) is 33.3 Å². The molecular formula is C24H24ClN3O3. The summed E-state index contributed by atoms with van der Waals surface area (Å²) in [6, 6.07) is 14.6. The topological polar surface area (TPSA) is 80.3 Å². The van der Waals surface area contributed by atoms with E-state index < -0.39 is 0 Å². The fourth-order valence-corrected chi connectivity index (χ4v) is 3.69. The molecule has 2 N–H and O–H groups in total. The third kappa shape index (κ3) is 4.50. The number of anilines is 1. The molecule has 0 fully saturated rings. The van der Waals surface area contributed by atoms with Crippen LogP contribution in [0.2, 0.25) is 5.02 Å². The number of aryl methyl sites for hydroxylation is 1. The predicted octanol–water partition coefficient (Wildman–Crippen LogP) is 5.51. The molecule has 2 heterocycles. The molecule has 0 saturated heterocycles. The highest BCUT2D eigenvalue weighted by atomic mass is 35.5. The number of hydrogen-bond donors (Lipinski definition) is 2. The summed E-state index contributed by atoms with van der Waals surface area (Å²) in [7, 11) is 0. The number of aromatic nitrogens is 2. The number of nitrogens with zero attached hydrogens (tertiary/aromatic N) is 2. The molecule has 4 rings (SSSR count). The Morgan fingerprint density at radius 2 is 1.94 bits per heavy atom. The first-order chi connectivity index (χ1) is 14.8. The molecule has 0 aliphatic heterocycles. The van der Waals surface area contributed by atoms with Crippen molar-refractivity contribution in [2.75, 3.05) is 5.32 Å². The Labute approximate surface area is 185 Å². The van der Waals surface area contributed by atoms with Crippen molar-refractivity contribution in [2.45, 2.75) is 39.8 Å². The molecule has 2 aromatic heterocycles. The maximum atomic E-state index is 12.7. The van der Waals surface area contributed by atoms with Gasteiger partial charge in [0.25, 0.3) is 5.91 Å². The first kappa shape index (κ1) is 21.2. The third-order valence-electron chi connectivity index (χ3n) is 5.17. The Kier molecular flexibility index (Phi) is 5.85. The minimum absolute atomic E-state index is 0.0388. The van der Waals surface area contributed by atoms with E-state index in [9.17, 15) is 4.79 Å². The standard InChI is InChI=1S/C24H24ClN3O3/c1-14(2)22-11-17-9-19(25)10-18(23(17)31-22)12-28-15(3)8-21(27-28)24(30)26-20-6-4-16(13-29)5-7-20/h4-11,14,29H,12-13H2,1-3H3,(H,26,30). The molecule has 7 heteroatoms. The monoisotopic (exact) mass is 437 g/mol. The van der Waals surface area contributed by atoms with Crippen LogP contribution in [-0.4, -0.2) is 20.8 Å². The molecule has 0 aliphatic carbocycles. The predicted molar refractivity (Wildman–Crippen MR) is 122 cm³/mol. The summed E-state index contributed by atoms with van der Waals surface area (Å²) in [4.78, 5) is 12.7. The van der Waals surface area contributed by atoms with Gasteiger partial charge in [0.2, 0.25) is 0 Å². The van der Waals surface area contributed by atoms with E-state index in [-0.39, 0.29) is 18.4 Å². The molecule has 2 aromatic carbocycles. The van der Waals surface area contributed by atoms with Gasteiger partial charge in [-0.05, 0) is 48.9 Å². The molecule has 0 atom stereocenters. The Morgan fingerprint density at radius 1 is 1.19 bits per heavy atom. The molecule has 4 aromatic rings. The van der Waals surface area contributed by atoms with Crippen molar-refractivity contribution < 1.29 is 14.3 Å². The Balaban J connectivity index is 1.58. The summed E-state index contributed by atoms with van der Waals surface area (Å²) < 4.78 is 7.85. The summed E-state index contributed by atoms with van der Waals surface area (Å²) in [5.41, 5.74) is 4.30. The van der Waals surface area contributed by atoms with E-state index in [1.54, 1.807) is 35.0 Å². The second-order valence-corrected chi connectivity index (χ2v) is 8.36. The van der Waals surface area contributed by atoms with Gasteiger partial charge in [0.05, 0.1) is 13.2 Å². The minimum atomic E-state index is -0.296.